The molecule has 7 nitrogen and oxygen atoms in total. The van der Waals surface area contributed by atoms with Crippen LogP contribution in [0, 0.1) is 0 Å². The van der Waals surface area contributed by atoms with Gasteiger partial charge >= 0.3 is 0 Å². The number of nitrogens with two attached hydrogens (primary N) is 2. The molecule has 9 N–H and O–H groups in total. The fraction of sp³-hybridized carbons (Fsp3) is 1.00. The standard InChI is InChI=1S/C7H19N3O4/c8-5(12)2-1-4(7(9)14)10-6(13)3-11/h4-7,10-14H,1-3,8-9H2. The Bertz CT molecular complexity index is 145. The lowest BCUT2D eigenvalue weighted by Gasteiger charge is -2.24. The molecule has 0 aliphatic heterocycles. The molecule has 0 amide bonds. The first kappa shape index (κ1) is 13.7. The van der Waals surface area contributed by atoms with Gasteiger partial charge in [-0.3, -0.25) is 5.32 Å². The summed E-state index contributed by atoms with van der Waals surface area (Å²) in [5.74, 6) is 0. The Morgan fingerprint density at radius 1 is 1.07 bits per heavy atom. The summed E-state index contributed by atoms with van der Waals surface area (Å²) in [6.45, 7) is -0.478. The summed E-state index contributed by atoms with van der Waals surface area (Å²) >= 11 is 0. The minimum atomic E-state index is -1.19. The van der Waals surface area contributed by atoms with Gasteiger partial charge in [-0.05, 0) is 12.8 Å². The van der Waals surface area contributed by atoms with Crippen LogP contribution in [0.4, 0.5) is 0 Å². The van der Waals surface area contributed by atoms with Gasteiger partial charge in [-0.15, -0.1) is 0 Å². The third-order valence-electron chi connectivity index (χ3n) is 1.77. The summed E-state index contributed by atoms with van der Waals surface area (Å²) < 4.78 is 0. The van der Waals surface area contributed by atoms with Crippen LogP contribution < -0.4 is 16.8 Å². The van der Waals surface area contributed by atoms with Crippen molar-refractivity contribution in [2.24, 2.45) is 11.5 Å². The van der Waals surface area contributed by atoms with Crippen molar-refractivity contribution in [1.82, 2.24) is 5.32 Å². The third-order valence-corrected chi connectivity index (χ3v) is 1.77. The molecular formula is C7H19N3O4. The Labute approximate surface area is 82.3 Å². The number of aliphatic hydroxyl groups excluding tert-OH is 4. The zero-order chi connectivity index (χ0) is 11.1. The van der Waals surface area contributed by atoms with Gasteiger partial charge in [0.1, 0.15) is 18.7 Å². The smallest absolute Gasteiger partial charge is 0.128 e. The maximum atomic E-state index is 9.07. The van der Waals surface area contributed by atoms with E-state index in [-0.39, 0.29) is 6.42 Å². The monoisotopic (exact) mass is 209 g/mol. The second kappa shape index (κ2) is 7.07. The highest BCUT2D eigenvalue weighted by molar-refractivity contribution is 4.73. The van der Waals surface area contributed by atoms with E-state index in [0.29, 0.717) is 6.42 Å². The Morgan fingerprint density at radius 3 is 2.00 bits per heavy atom. The van der Waals surface area contributed by atoms with E-state index in [9.17, 15) is 0 Å². The van der Waals surface area contributed by atoms with Crippen LogP contribution in [0.1, 0.15) is 12.8 Å². The first-order valence-corrected chi connectivity index (χ1v) is 4.39. The zero-order valence-corrected chi connectivity index (χ0v) is 7.87. The molecule has 0 saturated carbocycles. The van der Waals surface area contributed by atoms with Crippen LogP contribution >= 0.6 is 0 Å². The van der Waals surface area contributed by atoms with Crippen LogP contribution in [0.3, 0.4) is 0 Å². The van der Waals surface area contributed by atoms with Crippen LogP contribution in [0.25, 0.3) is 0 Å². The molecule has 7 heteroatoms. The second-order valence-electron chi connectivity index (χ2n) is 3.11. The highest BCUT2D eigenvalue weighted by atomic mass is 16.3. The molecule has 0 radical (unpaired) electrons. The zero-order valence-electron chi connectivity index (χ0n) is 7.87. The van der Waals surface area contributed by atoms with Gasteiger partial charge in [0.25, 0.3) is 0 Å². The average molecular weight is 209 g/mol. The van der Waals surface area contributed by atoms with E-state index < -0.39 is 31.3 Å². The van der Waals surface area contributed by atoms with Gasteiger partial charge in [-0.1, -0.05) is 0 Å². The molecule has 0 spiro atoms. The van der Waals surface area contributed by atoms with Crippen LogP contribution in [0.15, 0.2) is 0 Å². The number of hydrogen-bond donors (Lipinski definition) is 7. The van der Waals surface area contributed by atoms with Crippen molar-refractivity contribution in [2.75, 3.05) is 6.61 Å². The van der Waals surface area contributed by atoms with E-state index in [1.807, 2.05) is 0 Å². The number of nitrogens with one attached hydrogen (secondary N) is 1. The highest BCUT2D eigenvalue weighted by Crippen LogP contribution is 2.01. The summed E-state index contributed by atoms with van der Waals surface area (Å²) in [4.78, 5) is 0. The number of aliphatic hydroxyl groups is 4. The van der Waals surface area contributed by atoms with E-state index in [1.54, 1.807) is 0 Å². The summed E-state index contributed by atoms with van der Waals surface area (Å²) in [6, 6.07) is -0.615. The maximum absolute atomic E-state index is 9.07. The van der Waals surface area contributed by atoms with Crippen LogP contribution in [0.2, 0.25) is 0 Å². The Morgan fingerprint density at radius 2 is 1.64 bits per heavy atom. The molecule has 4 atom stereocenters. The predicted molar refractivity (Wildman–Crippen MR) is 49.6 cm³/mol. The molecule has 0 fully saturated rings. The van der Waals surface area contributed by atoms with Crippen LogP contribution in [0.5, 0.6) is 0 Å². The summed E-state index contributed by atoms with van der Waals surface area (Å²) in [5.41, 5.74) is 10.3. The lowest BCUT2D eigenvalue weighted by molar-refractivity contribution is 0.0255. The van der Waals surface area contributed by atoms with Gasteiger partial charge in [0.15, 0.2) is 0 Å². The summed E-state index contributed by atoms with van der Waals surface area (Å²) in [6.07, 6.45) is -2.77. The quantitative estimate of drug-likeness (QED) is 0.216. The van der Waals surface area contributed by atoms with E-state index in [4.69, 9.17) is 31.9 Å². The lowest BCUT2D eigenvalue weighted by atomic mass is 10.1. The minimum absolute atomic E-state index is 0.240. The number of rotatable bonds is 7. The molecule has 14 heavy (non-hydrogen) atoms. The maximum Gasteiger partial charge on any atom is 0.128 e. The van der Waals surface area contributed by atoms with Crippen molar-refractivity contribution in [3.63, 3.8) is 0 Å². The number of hydrogen-bond acceptors (Lipinski definition) is 7. The highest BCUT2D eigenvalue weighted by Gasteiger charge is 2.18. The molecule has 0 aromatic carbocycles. The molecule has 0 aliphatic carbocycles. The topological polar surface area (TPSA) is 145 Å². The molecule has 0 heterocycles. The lowest BCUT2D eigenvalue weighted by Crippen LogP contribution is -2.50. The predicted octanol–water partition coefficient (Wildman–Crippen LogP) is -3.41. The van der Waals surface area contributed by atoms with E-state index in [2.05, 4.69) is 5.32 Å². The molecule has 0 aromatic heterocycles. The summed E-state index contributed by atoms with van der Waals surface area (Å²) in [7, 11) is 0. The van der Waals surface area contributed by atoms with Crippen molar-refractivity contribution in [3.05, 3.63) is 0 Å². The largest absolute Gasteiger partial charge is 0.392 e. The average Bonchev–Trinajstić information content (AvgIpc) is 2.10. The Kier molecular flexibility index (Phi) is 6.93. The van der Waals surface area contributed by atoms with Crippen molar-refractivity contribution in [3.8, 4) is 0 Å². The van der Waals surface area contributed by atoms with Crippen LogP contribution in [-0.4, -0.2) is 51.8 Å². The molecule has 0 saturated heterocycles. The normalized spacial score (nSPS) is 20.1. The van der Waals surface area contributed by atoms with Gasteiger partial charge in [0, 0.05) is 6.04 Å². The molecule has 0 rings (SSSR count). The van der Waals surface area contributed by atoms with Crippen molar-refractivity contribution in [2.45, 2.75) is 37.6 Å². The van der Waals surface area contributed by atoms with Crippen molar-refractivity contribution in [1.29, 1.82) is 0 Å². The molecular weight excluding hydrogens is 190 g/mol. The first-order chi connectivity index (χ1) is 6.47. The van der Waals surface area contributed by atoms with Crippen LogP contribution in [-0.2, 0) is 0 Å². The Hall–Kier alpha value is -0.280. The van der Waals surface area contributed by atoms with E-state index in [0.717, 1.165) is 0 Å². The molecule has 0 aromatic rings. The fourth-order valence-electron chi connectivity index (χ4n) is 1.00. The van der Waals surface area contributed by atoms with E-state index in [1.165, 1.54) is 0 Å². The fourth-order valence-corrected chi connectivity index (χ4v) is 1.00. The molecule has 0 aliphatic rings. The van der Waals surface area contributed by atoms with Crippen molar-refractivity contribution < 1.29 is 20.4 Å². The Balaban J connectivity index is 3.90. The molecule has 4 unspecified atom stereocenters. The van der Waals surface area contributed by atoms with Crippen molar-refractivity contribution >= 4 is 0 Å². The first-order valence-electron chi connectivity index (χ1n) is 4.39. The third kappa shape index (κ3) is 6.22. The van der Waals surface area contributed by atoms with Gasteiger partial charge < -0.3 is 31.9 Å². The van der Waals surface area contributed by atoms with Gasteiger partial charge in [-0.2, -0.15) is 0 Å². The van der Waals surface area contributed by atoms with Gasteiger partial charge in [-0.25, -0.2) is 0 Å². The molecule has 0 bridgehead atoms. The SMILES string of the molecule is NC(O)CCC(NC(O)CO)C(N)O. The van der Waals surface area contributed by atoms with Gasteiger partial charge in [0.05, 0.1) is 6.61 Å². The molecule has 86 valence electrons. The van der Waals surface area contributed by atoms with E-state index >= 15 is 0 Å². The minimum Gasteiger partial charge on any atom is -0.392 e. The second-order valence-corrected chi connectivity index (χ2v) is 3.11. The summed E-state index contributed by atoms with van der Waals surface area (Å²) in [5, 5.41) is 37.9. The van der Waals surface area contributed by atoms with Gasteiger partial charge in [0.2, 0.25) is 0 Å².